The van der Waals surface area contributed by atoms with Gasteiger partial charge in [-0.2, -0.15) is 0 Å². The van der Waals surface area contributed by atoms with E-state index >= 15 is 0 Å². The van der Waals surface area contributed by atoms with Gasteiger partial charge in [-0.15, -0.1) is 0 Å². The van der Waals surface area contributed by atoms with Crippen LogP contribution in [0.4, 0.5) is 0 Å². The van der Waals surface area contributed by atoms with Gasteiger partial charge in [0.15, 0.2) is 0 Å². The van der Waals surface area contributed by atoms with Crippen LogP contribution in [0.2, 0.25) is 0 Å². The van der Waals surface area contributed by atoms with E-state index in [9.17, 15) is 9.59 Å². The number of likely N-dealkylation sites (tertiary alicyclic amines) is 2. The van der Waals surface area contributed by atoms with Crippen molar-refractivity contribution in [2.45, 2.75) is 51.1 Å². The molecule has 2 aliphatic rings. The summed E-state index contributed by atoms with van der Waals surface area (Å²) in [6.07, 6.45) is 10.4. The molecule has 2 fully saturated rings. The zero-order valence-electron chi connectivity index (χ0n) is 13.0. The number of aryl methyl sites for hydroxylation is 1. The number of imidazole rings is 1. The first-order valence-corrected chi connectivity index (χ1v) is 8.27. The maximum atomic E-state index is 12.2. The molecule has 120 valence electrons. The molecule has 22 heavy (non-hydrogen) atoms. The van der Waals surface area contributed by atoms with Gasteiger partial charge in [0, 0.05) is 57.5 Å². The maximum Gasteiger partial charge on any atom is 0.222 e. The van der Waals surface area contributed by atoms with E-state index in [0.29, 0.717) is 24.8 Å². The van der Waals surface area contributed by atoms with Crippen LogP contribution in [0.1, 0.15) is 38.5 Å². The summed E-state index contributed by atoms with van der Waals surface area (Å²) in [4.78, 5) is 32.0. The third-order valence-electron chi connectivity index (χ3n) is 4.73. The average Bonchev–Trinajstić information content (AvgIpc) is 3.19. The van der Waals surface area contributed by atoms with Crippen LogP contribution in [0, 0.1) is 0 Å². The molecular formula is C16H24N4O2. The molecule has 1 aromatic rings. The van der Waals surface area contributed by atoms with Crippen molar-refractivity contribution < 1.29 is 9.59 Å². The molecule has 2 saturated heterocycles. The van der Waals surface area contributed by atoms with Crippen LogP contribution in [0.25, 0.3) is 0 Å². The fourth-order valence-corrected chi connectivity index (χ4v) is 3.47. The van der Waals surface area contributed by atoms with Crippen LogP contribution >= 0.6 is 0 Å². The molecule has 2 aliphatic heterocycles. The number of piperidine rings is 1. The van der Waals surface area contributed by atoms with Crippen LogP contribution < -0.4 is 0 Å². The van der Waals surface area contributed by atoms with E-state index < -0.39 is 0 Å². The number of hydrogen-bond donors (Lipinski definition) is 0. The fraction of sp³-hybridized carbons (Fsp3) is 0.688. The number of hydrogen-bond acceptors (Lipinski definition) is 3. The Hall–Kier alpha value is -1.85. The third-order valence-corrected chi connectivity index (χ3v) is 4.73. The van der Waals surface area contributed by atoms with Gasteiger partial charge in [-0.1, -0.05) is 0 Å². The number of carbonyl (C=O) groups excluding carboxylic acids is 2. The Morgan fingerprint density at radius 1 is 1.27 bits per heavy atom. The molecule has 0 radical (unpaired) electrons. The lowest BCUT2D eigenvalue weighted by molar-refractivity contribution is -0.134. The van der Waals surface area contributed by atoms with Crippen molar-refractivity contribution >= 4 is 11.8 Å². The number of aromatic nitrogens is 2. The molecule has 6 heteroatoms. The van der Waals surface area contributed by atoms with Gasteiger partial charge in [-0.05, 0) is 25.7 Å². The predicted molar refractivity (Wildman–Crippen MR) is 82.0 cm³/mol. The molecule has 0 aliphatic carbocycles. The van der Waals surface area contributed by atoms with Crippen LogP contribution in [-0.2, 0) is 16.1 Å². The van der Waals surface area contributed by atoms with Gasteiger partial charge in [-0.25, -0.2) is 4.98 Å². The molecule has 0 spiro atoms. The van der Waals surface area contributed by atoms with Gasteiger partial charge in [0.1, 0.15) is 0 Å². The third kappa shape index (κ3) is 3.48. The summed E-state index contributed by atoms with van der Waals surface area (Å²) in [7, 11) is 0. The topological polar surface area (TPSA) is 58.4 Å². The normalized spacial score (nSPS) is 19.9. The number of nitrogens with zero attached hydrogens (tertiary/aromatic N) is 4. The Morgan fingerprint density at radius 3 is 2.73 bits per heavy atom. The Kier molecular flexibility index (Phi) is 4.75. The van der Waals surface area contributed by atoms with E-state index in [0.717, 1.165) is 51.9 Å². The fourth-order valence-electron chi connectivity index (χ4n) is 3.47. The first-order valence-electron chi connectivity index (χ1n) is 8.27. The summed E-state index contributed by atoms with van der Waals surface area (Å²) in [6, 6.07) is 0.352. The second kappa shape index (κ2) is 6.94. The van der Waals surface area contributed by atoms with Crippen LogP contribution in [0.15, 0.2) is 18.7 Å². The Balaban J connectivity index is 1.39. The molecule has 3 rings (SSSR count). The Morgan fingerprint density at radius 2 is 2.09 bits per heavy atom. The molecule has 0 bridgehead atoms. The van der Waals surface area contributed by atoms with Gasteiger partial charge < -0.3 is 14.4 Å². The smallest absolute Gasteiger partial charge is 0.222 e. The van der Waals surface area contributed by atoms with Crippen molar-refractivity contribution in [1.82, 2.24) is 19.4 Å². The molecule has 0 atom stereocenters. The van der Waals surface area contributed by atoms with Gasteiger partial charge in [0.25, 0.3) is 0 Å². The number of carbonyl (C=O) groups is 2. The van der Waals surface area contributed by atoms with E-state index in [1.165, 1.54) is 0 Å². The van der Waals surface area contributed by atoms with Crippen molar-refractivity contribution in [3.8, 4) is 0 Å². The van der Waals surface area contributed by atoms with Crippen LogP contribution in [-0.4, -0.2) is 56.8 Å². The van der Waals surface area contributed by atoms with Crippen molar-refractivity contribution in [3.63, 3.8) is 0 Å². The summed E-state index contributed by atoms with van der Waals surface area (Å²) >= 11 is 0. The summed E-state index contributed by atoms with van der Waals surface area (Å²) in [5, 5.41) is 0. The largest absolute Gasteiger partial charge is 0.343 e. The van der Waals surface area contributed by atoms with Crippen molar-refractivity contribution in [2.24, 2.45) is 0 Å². The molecule has 0 saturated carbocycles. The van der Waals surface area contributed by atoms with E-state index in [4.69, 9.17) is 0 Å². The summed E-state index contributed by atoms with van der Waals surface area (Å²) in [5.41, 5.74) is 0. The highest BCUT2D eigenvalue weighted by atomic mass is 16.2. The highest BCUT2D eigenvalue weighted by Gasteiger charge is 2.31. The number of amides is 2. The molecule has 6 nitrogen and oxygen atoms in total. The first-order chi connectivity index (χ1) is 10.7. The maximum absolute atomic E-state index is 12.2. The quantitative estimate of drug-likeness (QED) is 0.823. The van der Waals surface area contributed by atoms with Gasteiger partial charge >= 0.3 is 0 Å². The summed E-state index contributed by atoms with van der Waals surface area (Å²) in [6.45, 7) is 3.32. The highest BCUT2D eigenvalue weighted by molar-refractivity contribution is 5.78. The van der Waals surface area contributed by atoms with E-state index in [-0.39, 0.29) is 5.91 Å². The number of rotatable bonds is 5. The van der Waals surface area contributed by atoms with E-state index in [2.05, 4.69) is 4.98 Å². The predicted octanol–water partition coefficient (Wildman–Crippen LogP) is 1.28. The second-order valence-corrected chi connectivity index (χ2v) is 6.21. The minimum atomic E-state index is 0.242. The van der Waals surface area contributed by atoms with Gasteiger partial charge in [0.2, 0.25) is 11.8 Å². The molecule has 0 unspecified atom stereocenters. The summed E-state index contributed by atoms with van der Waals surface area (Å²) in [5.74, 6) is 0.538. The zero-order valence-corrected chi connectivity index (χ0v) is 13.0. The SMILES string of the molecule is O=C(CCCn1ccnc1)N1CCC(N2CCCC2=O)CC1. The highest BCUT2D eigenvalue weighted by Crippen LogP contribution is 2.22. The average molecular weight is 304 g/mol. The van der Waals surface area contributed by atoms with E-state index in [1.54, 1.807) is 12.5 Å². The molecule has 0 N–H and O–H groups in total. The van der Waals surface area contributed by atoms with Gasteiger partial charge in [0.05, 0.1) is 6.33 Å². The molecular weight excluding hydrogens is 280 g/mol. The van der Waals surface area contributed by atoms with Crippen LogP contribution in [0.3, 0.4) is 0 Å². The molecule has 0 aromatic carbocycles. The minimum absolute atomic E-state index is 0.242. The Bertz CT molecular complexity index is 506. The lowest BCUT2D eigenvalue weighted by Crippen LogP contribution is -2.47. The van der Waals surface area contributed by atoms with Crippen molar-refractivity contribution in [2.75, 3.05) is 19.6 Å². The van der Waals surface area contributed by atoms with E-state index in [1.807, 2.05) is 20.6 Å². The molecule has 3 heterocycles. The Labute approximate surface area is 131 Å². The minimum Gasteiger partial charge on any atom is -0.343 e. The lowest BCUT2D eigenvalue weighted by Gasteiger charge is -2.36. The zero-order chi connectivity index (χ0) is 15.4. The van der Waals surface area contributed by atoms with Gasteiger partial charge in [-0.3, -0.25) is 9.59 Å². The standard InChI is InChI=1S/C16H24N4O2/c21-15(3-1-8-18-12-7-17-13-18)19-10-5-14(6-11-19)20-9-2-4-16(20)22/h7,12-14H,1-6,8-11H2. The molecule has 1 aromatic heterocycles. The van der Waals surface area contributed by atoms with Crippen molar-refractivity contribution in [1.29, 1.82) is 0 Å². The summed E-state index contributed by atoms with van der Waals surface area (Å²) < 4.78 is 2.00. The first kappa shape index (κ1) is 15.1. The molecule has 2 amide bonds. The lowest BCUT2D eigenvalue weighted by atomic mass is 10.0. The van der Waals surface area contributed by atoms with Crippen LogP contribution in [0.5, 0.6) is 0 Å². The van der Waals surface area contributed by atoms with Crippen molar-refractivity contribution in [3.05, 3.63) is 18.7 Å². The second-order valence-electron chi connectivity index (χ2n) is 6.21. The monoisotopic (exact) mass is 304 g/mol.